The number of furan rings is 1. The minimum Gasteiger partial charge on any atom is -0.467 e. The average Bonchev–Trinajstić information content (AvgIpc) is 3.23. The number of urea groups is 1. The maximum absolute atomic E-state index is 12.0. The Labute approximate surface area is 138 Å². The first-order valence-electron chi connectivity index (χ1n) is 7.67. The number of hydrogen-bond donors (Lipinski definition) is 3. The molecule has 24 heavy (non-hydrogen) atoms. The molecule has 0 saturated heterocycles. The minimum absolute atomic E-state index is 0.215. The zero-order valence-corrected chi connectivity index (χ0v) is 13.2. The fourth-order valence-electron chi connectivity index (χ4n) is 2.46. The molecule has 0 fully saturated rings. The van der Waals surface area contributed by atoms with Gasteiger partial charge >= 0.3 is 6.03 Å². The molecule has 2 amide bonds. The zero-order valence-electron chi connectivity index (χ0n) is 13.2. The van der Waals surface area contributed by atoms with Gasteiger partial charge in [-0.2, -0.15) is 5.10 Å². The quantitative estimate of drug-likeness (QED) is 0.637. The van der Waals surface area contributed by atoms with E-state index in [9.17, 15) is 9.90 Å². The lowest BCUT2D eigenvalue weighted by Crippen LogP contribution is -2.41. The molecule has 0 aliphatic carbocycles. The summed E-state index contributed by atoms with van der Waals surface area (Å²) in [5, 5.41) is 19.7. The van der Waals surface area contributed by atoms with E-state index in [1.54, 1.807) is 41.2 Å². The smallest absolute Gasteiger partial charge is 0.315 e. The summed E-state index contributed by atoms with van der Waals surface area (Å²) in [5.74, 6) is 0.488. The molecule has 3 aromatic heterocycles. The maximum Gasteiger partial charge on any atom is 0.315 e. The lowest BCUT2D eigenvalue weighted by molar-refractivity contribution is 0.129. The highest BCUT2D eigenvalue weighted by Crippen LogP contribution is 2.18. The fourth-order valence-corrected chi connectivity index (χ4v) is 2.46. The Bertz CT molecular complexity index is 799. The second-order valence-corrected chi connectivity index (χ2v) is 5.53. The van der Waals surface area contributed by atoms with Crippen molar-refractivity contribution in [2.45, 2.75) is 32.0 Å². The molecule has 0 aromatic carbocycles. The summed E-state index contributed by atoms with van der Waals surface area (Å²) in [6.07, 6.45) is 4.45. The molecule has 0 aliphatic heterocycles. The third-order valence-corrected chi connectivity index (χ3v) is 3.62. The van der Waals surface area contributed by atoms with E-state index in [-0.39, 0.29) is 12.1 Å². The lowest BCUT2D eigenvalue weighted by atomic mass is 10.1. The van der Waals surface area contributed by atoms with Crippen LogP contribution in [0.3, 0.4) is 0 Å². The van der Waals surface area contributed by atoms with Gasteiger partial charge in [-0.3, -0.25) is 0 Å². The Hall–Kier alpha value is -2.87. The Morgan fingerprint density at radius 2 is 2.25 bits per heavy atom. The number of carbonyl (C=O) groups is 1. The van der Waals surface area contributed by atoms with Crippen molar-refractivity contribution >= 4 is 11.7 Å². The molecule has 8 nitrogen and oxygen atoms in total. The topological polar surface area (TPSA) is 105 Å². The van der Waals surface area contributed by atoms with Gasteiger partial charge in [0.2, 0.25) is 0 Å². The Morgan fingerprint density at radius 3 is 3.04 bits per heavy atom. The van der Waals surface area contributed by atoms with E-state index in [1.807, 2.05) is 6.92 Å². The Kier molecular flexibility index (Phi) is 4.76. The van der Waals surface area contributed by atoms with Gasteiger partial charge in [-0.25, -0.2) is 14.3 Å². The summed E-state index contributed by atoms with van der Waals surface area (Å²) < 4.78 is 6.82. The molecule has 0 spiro atoms. The van der Waals surface area contributed by atoms with Crippen LogP contribution in [0.2, 0.25) is 0 Å². The number of nitrogens with zero attached hydrogens (tertiary/aromatic N) is 3. The van der Waals surface area contributed by atoms with Crippen LogP contribution in [0.25, 0.3) is 5.65 Å². The van der Waals surface area contributed by atoms with Crippen LogP contribution in [-0.4, -0.2) is 31.8 Å². The monoisotopic (exact) mass is 329 g/mol. The number of fused-ring (bicyclic) bond motifs is 1. The number of hydrogen-bond acceptors (Lipinski definition) is 5. The highest BCUT2D eigenvalue weighted by atomic mass is 16.4. The number of aliphatic hydroxyl groups excluding tert-OH is 1. The first-order chi connectivity index (χ1) is 11.6. The van der Waals surface area contributed by atoms with Crippen molar-refractivity contribution in [1.29, 1.82) is 0 Å². The van der Waals surface area contributed by atoms with Crippen LogP contribution < -0.4 is 10.6 Å². The van der Waals surface area contributed by atoms with E-state index in [0.29, 0.717) is 18.7 Å². The first kappa shape index (κ1) is 16.0. The van der Waals surface area contributed by atoms with Crippen molar-refractivity contribution in [3.8, 4) is 0 Å². The number of nitrogens with one attached hydrogen (secondary N) is 2. The first-order valence-corrected chi connectivity index (χ1v) is 7.67. The van der Waals surface area contributed by atoms with Crippen molar-refractivity contribution in [2.24, 2.45) is 0 Å². The maximum atomic E-state index is 12.0. The van der Waals surface area contributed by atoms with E-state index < -0.39 is 6.10 Å². The van der Waals surface area contributed by atoms with Gasteiger partial charge < -0.3 is 20.2 Å². The van der Waals surface area contributed by atoms with Crippen LogP contribution in [0.5, 0.6) is 0 Å². The zero-order chi connectivity index (χ0) is 16.9. The Balaban J connectivity index is 1.49. The van der Waals surface area contributed by atoms with Gasteiger partial charge in [-0.05, 0) is 25.1 Å². The van der Waals surface area contributed by atoms with Crippen molar-refractivity contribution in [3.63, 3.8) is 0 Å². The normalized spacial score (nSPS) is 13.6. The molecule has 0 aliphatic rings. The standard InChI is InChI=1S/C16H19N5O3/c1-11(9-13(22)14-3-2-8-24-14)20-16(23)18-10-12-4-6-17-15-5-7-19-21(12)15/h2-8,11,13,22H,9-10H2,1H3,(H2,18,20,23). The number of carbonyl (C=O) groups excluding carboxylic acids is 1. The van der Waals surface area contributed by atoms with Crippen LogP contribution >= 0.6 is 0 Å². The summed E-state index contributed by atoms with van der Waals surface area (Å²) in [5.41, 5.74) is 1.55. The second kappa shape index (κ2) is 7.14. The molecule has 0 bridgehead atoms. The van der Waals surface area contributed by atoms with Crippen molar-refractivity contribution in [3.05, 3.63) is 54.4 Å². The molecular formula is C16H19N5O3. The molecule has 3 N–H and O–H groups in total. The van der Waals surface area contributed by atoms with Gasteiger partial charge in [0.25, 0.3) is 0 Å². The molecule has 3 rings (SSSR count). The van der Waals surface area contributed by atoms with E-state index in [1.165, 1.54) is 6.26 Å². The predicted octanol–water partition coefficient (Wildman–Crippen LogP) is 1.63. The van der Waals surface area contributed by atoms with E-state index in [0.717, 1.165) is 11.3 Å². The van der Waals surface area contributed by atoms with Crippen LogP contribution in [0.4, 0.5) is 4.79 Å². The summed E-state index contributed by atoms with van der Waals surface area (Å²) in [4.78, 5) is 16.2. The molecule has 3 aromatic rings. The molecule has 2 atom stereocenters. The SMILES string of the molecule is CC(CC(O)c1ccco1)NC(=O)NCc1ccnc2ccnn12. The molecule has 0 radical (unpaired) electrons. The van der Waals surface area contributed by atoms with Crippen molar-refractivity contribution < 1.29 is 14.3 Å². The summed E-state index contributed by atoms with van der Waals surface area (Å²) in [6, 6.07) is 6.48. The van der Waals surface area contributed by atoms with E-state index >= 15 is 0 Å². The minimum atomic E-state index is -0.751. The molecule has 126 valence electrons. The van der Waals surface area contributed by atoms with Gasteiger partial charge in [-0.1, -0.05) is 0 Å². The Morgan fingerprint density at radius 1 is 1.38 bits per heavy atom. The van der Waals surface area contributed by atoms with Gasteiger partial charge in [-0.15, -0.1) is 0 Å². The molecular weight excluding hydrogens is 310 g/mol. The van der Waals surface area contributed by atoms with E-state index in [2.05, 4.69) is 20.7 Å². The van der Waals surface area contributed by atoms with Crippen LogP contribution in [-0.2, 0) is 6.54 Å². The third-order valence-electron chi connectivity index (χ3n) is 3.62. The predicted molar refractivity (Wildman–Crippen MR) is 86.1 cm³/mol. The van der Waals surface area contributed by atoms with Crippen LogP contribution in [0, 0.1) is 0 Å². The highest BCUT2D eigenvalue weighted by molar-refractivity contribution is 5.74. The second-order valence-electron chi connectivity index (χ2n) is 5.53. The van der Waals surface area contributed by atoms with Crippen molar-refractivity contribution in [1.82, 2.24) is 25.2 Å². The molecule has 8 heteroatoms. The lowest BCUT2D eigenvalue weighted by Gasteiger charge is -2.17. The number of aliphatic hydroxyl groups is 1. The number of amides is 2. The number of aromatic nitrogens is 3. The third kappa shape index (κ3) is 3.72. The van der Waals surface area contributed by atoms with Gasteiger partial charge in [0.1, 0.15) is 11.9 Å². The van der Waals surface area contributed by atoms with Gasteiger partial charge in [0.05, 0.1) is 24.7 Å². The summed E-state index contributed by atoms with van der Waals surface area (Å²) in [6.45, 7) is 2.14. The summed E-state index contributed by atoms with van der Waals surface area (Å²) >= 11 is 0. The summed E-state index contributed by atoms with van der Waals surface area (Å²) in [7, 11) is 0. The molecule has 0 saturated carbocycles. The number of rotatable bonds is 6. The molecule has 2 unspecified atom stereocenters. The van der Waals surface area contributed by atoms with Crippen molar-refractivity contribution in [2.75, 3.05) is 0 Å². The van der Waals surface area contributed by atoms with Gasteiger partial charge in [0, 0.05) is 24.7 Å². The highest BCUT2D eigenvalue weighted by Gasteiger charge is 2.16. The molecule has 3 heterocycles. The largest absolute Gasteiger partial charge is 0.467 e. The van der Waals surface area contributed by atoms with Crippen LogP contribution in [0.15, 0.2) is 47.3 Å². The average molecular weight is 329 g/mol. The van der Waals surface area contributed by atoms with Crippen LogP contribution in [0.1, 0.15) is 30.9 Å². The van der Waals surface area contributed by atoms with E-state index in [4.69, 9.17) is 4.42 Å². The van der Waals surface area contributed by atoms with Gasteiger partial charge in [0.15, 0.2) is 5.65 Å². The fraction of sp³-hybridized carbons (Fsp3) is 0.312.